The molecule has 1 aliphatic rings. The lowest BCUT2D eigenvalue weighted by molar-refractivity contribution is -0.120. The van der Waals surface area contributed by atoms with Crippen LogP contribution < -0.4 is 10.1 Å². The number of carbonyl (C=O) groups excluding carboxylic acids is 1. The highest BCUT2D eigenvalue weighted by Gasteiger charge is 2.31. The third kappa shape index (κ3) is 3.74. The topological polar surface area (TPSA) is 54.5 Å². The number of nitrogens with zero attached hydrogens (tertiary/aromatic N) is 2. The first-order valence-electron chi connectivity index (χ1n) is 8.26. The molecular formula is C19H23N3O2. The summed E-state index contributed by atoms with van der Waals surface area (Å²) in [6, 6.07) is 9.65. The van der Waals surface area contributed by atoms with Crippen molar-refractivity contribution in [1.29, 1.82) is 0 Å². The third-order valence-electron chi connectivity index (χ3n) is 4.39. The Morgan fingerprint density at radius 2 is 2.29 bits per heavy atom. The molecule has 1 N–H and O–H groups in total. The maximum atomic E-state index is 12.8. The average Bonchev–Trinajstić information content (AvgIpc) is 3.04. The van der Waals surface area contributed by atoms with Crippen LogP contribution in [0.15, 0.2) is 42.7 Å². The lowest BCUT2D eigenvalue weighted by atomic mass is 10.1. The third-order valence-corrected chi connectivity index (χ3v) is 4.39. The van der Waals surface area contributed by atoms with Gasteiger partial charge in [0.1, 0.15) is 5.75 Å². The molecule has 0 saturated carbocycles. The zero-order valence-corrected chi connectivity index (χ0v) is 14.2. The summed E-state index contributed by atoms with van der Waals surface area (Å²) in [6.45, 7) is 3.67. The zero-order valence-electron chi connectivity index (χ0n) is 14.2. The molecule has 0 aliphatic carbocycles. The van der Waals surface area contributed by atoms with Crippen LogP contribution in [0.4, 0.5) is 5.69 Å². The minimum atomic E-state index is -0.115. The summed E-state index contributed by atoms with van der Waals surface area (Å²) in [4.78, 5) is 19.1. The minimum absolute atomic E-state index is 0.0280. The van der Waals surface area contributed by atoms with Crippen molar-refractivity contribution in [3.8, 4) is 5.75 Å². The van der Waals surface area contributed by atoms with Gasteiger partial charge in [0, 0.05) is 18.9 Å². The van der Waals surface area contributed by atoms with Crippen molar-refractivity contribution >= 4 is 11.6 Å². The predicted octanol–water partition coefficient (Wildman–Crippen LogP) is 3.00. The van der Waals surface area contributed by atoms with E-state index in [-0.39, 0.29) is 11.9 Å². The van der Waals surface area contributed by atoms with Crippen LogP contribution in [0.25, 0.3) is 0 Å². The number of ether oxygens (including phenoxy) is 1. The highest BCUT2D eigenvalue weighted by Crippen LogP contribution is 2.27. The highest BCUT2D eigenvalue weighted by molar-refractivity contribution is 5.96. The monoisotopic (exact) mass is 325 g/mol. The van der Waals surface area contributed by atoms with Crippen LogP contribution in [0.2, 0.25) is 0 Å². The molecule has 0 spiro atoms. The Morgan fingerprint density at radius 1 is 1.42 bits per heavy atom. The van der Waals surface area contributed by atoms with Crippen molar-refractivity contribution in [2.45, 2.75) is 32.4 Å². The summed E-state index contributed by atoms with van der Waals surface area (Å²) in [5.74, 6) is 0.714. The Balaban J connectivity index is 1.71. The first-order chi connectivity index (χ1) is 11.7. The van der Waals surface area contributed by atoms with Crippen molar-refractivity contribution in [3.05, 3.63) is 53.9 Å². The number of carbonyl (C=O) groups is 1. The van der Waals surface area contributed by atoms with Crippen molar-refractivity contribution in [2.75, 3.05) is 19.0 Å². The molecule has 1 aliphatic heterocycles. The molecule has 1 saturated heterocycles. The summed E-state index contributed by atoms with van der Waals surface area (Å²) >= 11 is 0. The first-order valence-corrected chi connectivity index (χ1v) is 8.26. The fourth-order valence-electron chi connectivity index (χ4n) is 3.17. The van der Waals surface area contributed by atoms with Gasteiger partial charge in [-0.15, -0.1) is 0 Å². The van der Waals surface area contributed by atoms with Gasteiger partial charge >= 0.3 is 0 Å². The van der Waals surface area contributed by atoms with Gasteiger partial charge in [0.05, 0.1) is 18.8 Å². The van der Waals surface area contributed by atoms with E-state index in [1.54, 1.807) is 13.3 Å². The molecule has 24 heavy (non-hydrogen) atoms. The van der Waals surface area contributed by atoms with Gasteiger partial charge in [0.15, 0.2) is 0 Å². The number of anilines is 1. The van der Waals surface area contributed by atoms with Crippen molar-refractivity contribution < 1.29 is 9.53 Å². The molecule has 1 aromatic heterocycles. The summed E-state index contributed by atoms with van der Waals surface area (Å²) in [5, 5.41) is 3.04. The second-order valence-corrected chi connectivity index (χ2v) is 6.18. The van der Waals surface area contributed by atoms with Gasteiger partial charge < -0.3 is 10.1 Å². The van der Waals surface area contributed by atoms with Gasteiger partial charge in [-0.25, -0.2) is 0 Å². The molecule has 3 rings (SSSR count). The van der Waals surface area contributed by atoms with Crippen LogP contribution >= 0.6 is 0 Å². The Morgan fingerprint density at radius 3 is 3.04 bits per heavy atom. The number of benzene rings is 1. The molecule has 1 atom stereocenters. The molecule has 1 aromatic carbocycles. The number of amides is 1. The van der Waals surface area contributed by atoms with Crippen molar-refractivity contribution in [2.24, 2.45) is 0 Å². The van der Waals surface area contributed by atoms with E-state index in [1.165, 1.54) is 0 Å². The van der Waals surface area contributed by atoms with Crippen LogP contribution in [0.3, 0.4) is 0 Å². The molecule has 0 bridgehead atoms. The van der Waals surface area contributed by atoms with Gasteiger partial charge in [0.2, 0.25) is 5.91 Å². The van der Waals surface area contributed by atoms with E-state index >= 15 is 0 Å². The number of pyridine rings is 1. The van der Waals surface area contributed by atoms with Gasteiger partial charge in [-0.1, -0.05) is 12.1 Å². The van der Waals surface area contributed by atoms with Crippen LogP contribution in [-0.4, -0.2) is 35.5 Å². The van der Waals surface area contributed by atoms with E-state index in [0.29, 0.717) is 5.75 Å². The molecule has 2 heterocycles. The number of aryl methyl sites for hydroxylation is 1. The number of methoxy groups -OCH3 is 1. The second kappa shape index (κ2) is 7.45. The SMILES string of the molecule is COc1ccc(C)cc1NC(=O)[C@H]1CCCN1Cc1cccnc1. The predicted molar refractivity (Wildman–Crippen MR) is 94.0 cm³/mol. The second-order valence-electron chi connectivity index (χ2n) is 6.18. The number of hydrogen-bond acceptors (Lipinski definition) is 4. The van der Waals surface area contributed by atoms with E-state index in [4.69, 9.17) is 4.74 Å². The van der Waals surface area contributed by atoms with Crippen LogP contribution in [0, 0.1) is 6.92 Å². The van der Waals surface area contributed by atoms with Gasteiger partial charge in [-0.3, -0.25) is 14.7 Å². The number of likely N-dealkylation sites (tertiary alicyclic amines) is 1. The Labute approximate surface area is 142 Å². The Kier molecular flexibility index (Phi) is 5.11. The Bertz CT molecular complexity index is 703. The molecule has 5 nitrogen and oxygen atoms in total. The Hall–Kier alpha value is -2.40. The van der Waals surface area contributed by atoms with E-state index < -0.39 is 0 Å². The zero-order chi connectivity index (χ0) is 16.9. The average molecular weight is 325 g/mol. The van der Waals surface area contributed by atoms with Crippen molar-refractivity contribution in [1.82, 2.24) is 9.88 Å². The first kappa shape index (κ1) is 16.5. The highest BCUT2D eigenvalue weighted by atomic mass is 16.5. The lowest BCUT2D eigenvalue weighted by Gasteiger charge is -2.24. The van der Waals surface area contributed by atoms with Crippen LogP contribution in [-0.2, 0) is 11.3 Å². The van der Waals surface area contributed by atoms with Gasteiger partial charge in [-0.2, -0.15) is 0 Å². The van der Waals surface area contributed by atoms with E-state index in [1.807, 2.05) is 43.5 Å². The molecule has 0 unspecified atom stereocenters. The van der Waals surface area contributed by atoms with Crippen molar-refractivity contribution in [3.63, 3.8) is 0 Å². The summed E-state index contributed by atoms with van der Waals surface area (Å²) in [7, 11) is 1.62. The molecule has 2 aromatic rings. The smallest absolute Gasteiger partial charge is 0.241 e. The minimum Gasteiger partial charge on any atom is -0.495 e. The molecule has 1 amide bonds. The number of hydrogen-bond donors (Lipinski definition) is 1. The van der Waals surface area contributed by atoms with E-state index in [9.17, 15) is 4.79 Å². The lowest BCUT2D eigenvalue weighted by Crippen LogP contribution is -2.39. The molecule has 1 fully saturated rings. The molecule has 126 valence electrons. The van der Waals surface area contributed by atoms with Crippen LogP contribution in [0.5, 0.6) is 5.75 Å². The van der Waals surface area contributed by atoms with E-state index in [0.717, 1.165) is 42.7 Å². The summed E-state index contributed by atoms with van der Waals surface area (Å²) in [6.07, 6.45) is 5.53. The number of rotatable bonds is 5. The molecular weight excluding hydrogens is 302 g/mol. The standard InChI is InChI=1S/C19H23N3O2/c1-14-7-8-18(24-2)16(11-14)21-19(23)17-6-4-10-22(17)13-15-5-3-9-20-12-15/h3,5,7-9,11-12,17H,4,6,10,13H2,1-2H3,(H,21,23)/t17-/m1/s1. The fourth-order valence-corrected chi connectivity index (χ4v) is 3.17. The maximum Gasteiger partial charge on any atom is 0.241 e. The number of aromatic nitrogens is 1. The molecule has 0 radical (unpaired) electrons. The summed E-state index contributed by atoms with van der Waals surface area (Å²) < 4.78 is 5.35. The largest absolute Gasteiger partial charge is 0.495 e. The summed E-state index contributed by atoms with van der Waals surface area (Å²) in [5.41, 5.74) is 2.95. The maximum absolute atomic E-state index is 12.8. The molecule has 5 heteroatoms. The van der Waals surface area contributed by atoms with E-state index in [2.05, 4.69) is 15.2 Å². The van der Waals surface area contributed by atoms with Crippen LogP contribution in [0.1, 0.15) is 24.0 Å². The van der Waals surface area contributed by atoms with Gasteiger partial charge in [0.25, 0.3) is 0 Å². The quantitative estimate of drug-likeness (QED) is 0.918. The normalized spacial score (nSPS) is 17.7. The van der Waals surface area contributed by atoms with Gasteiger partial charge in [-0.05, 0) is 55.6 Å². The number of nitrogens with one attached hydrogen (secondary N) is 1. The fraction of sp³-hybridized carbons (Fsp3) is 0.368.